The Hall–Kier alpha value is -3.12. The van der Waals surface area contributed by atoms with Gasteiger partial charge < -0.3 is 14.6 Å². The third-order valence-corrected chi connectivity index (χ3v) is 5.40. The molecule has 0 aliphatic rings. The fraction of sp³-hybridized carbons (Fsp3) is 0.304. The molecule has 3 rings (SSSR count). The van der Waals surface area contributed by atoms with Crippen LogP contribution in [0.25, 0.3) is 22.1 Å². The molecular formula is C23H25NO5. The molecular weight excluding hydrogens is 370 g/mol. The van der Waals surface area contributed by atoms with E-state index in [0.717, 1.165) is 12.0 Å². The summed E-state index contributed by atoms with van der Waals surface area (Å²) in [6.07, 6.45) is 0.718. The molecule has 0 bridgehead atoms. The molecule has 3 N–H and O–H groups in total. The summed E-state index contributed by atoms with van der Waals surface area (Å²) in [5.74, 6) is -0.995. The van der Waals surface area contributed by atoms with E-state index in [4.69, 9.17) is 4.42 Å². The van der Waals surface area contributed by atoms with Crippen molar-refractivity contribution >= 4 is 16.9 Å². The summed E-state index contributed by atoms with van der Waals surface area (Å²) in [4.78, 5) is 23.7. The van der Waals surface area contributed by atoms with Crippen molar-refractivity contribution in [1.29, 1.82) is 0 Å². The smallest absolute Gasteiger partial charge is 0.336 e. The Labute approximate surface area is 168 Å². The van der Waals surface area contributed by atoms with Crippen molar-refractivity contribution in [1.82, 2.24) is 5.32 Å². The Morgan fingerprint density at radius 2 is 1.90 bits per heavy atom. The van der Waals surface area contributed by atoms with E-state index in [1.807, 2.05) is 44.2 Å². The number of aliphatic carboxylic acids is 1. The summed E-state index contributed by atoms with van der Waals surface area (Å²) < 4.78 is 5.33. The second-order valence-corrected chi connectivity index (χ2v) is 7.32. The molecule has 1 heterocycles. The van der Waals surface area contributed by atoms with Crippen LogP contribution < -0.4 is 10.9 Å². The number of carboxylic acid groups (broad SMARTS) is 1. The topological polar surface area (TPSA) is 99.8 Å². The van der Waals surface area contributed by atoms with Gasteiger partial charge in [0, 0.05) is 23.7 Å². The van der Waals surface area contributed by atoms with Gasteiger partial charge in [0.2, 0.25) is 0 Å². The number of carboxylic acids is 1. The lowest BCUT2D eigenvalue weighted by atomic mass is 9.95. The first kappa shape index (κ1) is 20.6. The van der Waals surface area contributed by atoms with Crippen molar-refractivity contribution in [3.05, 3.63) is 64.0 Å². The molecule has 2 aromatic carbocycles. The van der Waals surface area contributed by atoms with Gasteiger partial charge in [-0.25, -0.2) is 4.79 Å². The van der Waals surface area contributed by atoms with Gasteiger partial charge in [0.15, 0.2) is 0 Å². The molecule has 1 aromatic heterocycles. The van der Waals surface area contributed by atoms with Gasteiger partial charge in [0.1, 0.15) is 17.4 Å². The highest BCUT2D eigenvalue weighted by molar-refractivity contribution is 5.98. The average Bonchev–Trinajstić information content (AvgIpc) is 2.69. The zero-order chi connectivity index (χ0) is 21.1. The van der Waals surface area contributed by atoms with Gasteiger partial charge in [-0.3, -0.25) is 10.1 Å². The standard InChI is InChI=1S/C23H25NO5/c1-4-13(2)21(23(27)28)24-12-17-14(3)10-18-20(22(17)26)16(11-19(25)29-18)15-8-6-5-7-9-15/h5-11,13,21,24,26H,4,12H2,1-3H3,(H,27,28). The van der Waals surface area contributed by atoms with E-state index in [1.54, 1.807) is 13.0 Å². The highest BCUT2D eigenvalue weighted by Crippen LogP contribution is 2.37. The molecule has 0 fully saturated rings. The quantitative estimate of drug-likeness (QED) is 0.522. The zero-order valence-corrected chi connectivity index (χ0v) is 16.7. The van der Waals surface area contributed by atoms with E-state index < -0.39 is 17.6 Å². The molecule has 2 atom stereocenters. The SMILES string of the molecule is CCC(C)C(NCc1c(C)cc2oc(=O)cc(-c3ccccc3)c2c1O)C(=O)O. The molecule has 152 valence electrons. The minimum absolute atomic E-state index is 0.0107. The molecule has 2 unspecified atom stereocenters. The van der Waals surface area contributed by atoms with E-state index in [0.29, 0.717) is 27.7 Å². The van der Waals surface area contributed by atoms with E-state index in [2.05, 4.69) is 5.32 Å². The van der Waals surface area contributed by atoms with Crippen LogP contribution in [0.5, 0.6) is 5.75 Å². The molecule has 0 aliphatic heterocycles. The molecule has 0 saturated heterocycles. The average molecular weight is 395 g/mol. The maximum absolute atomic E-state index is 12.1. The number of aryl methyl sites for hydroxylation is 1. The van der Waals surface area contributed by atoms with E-state index in [1.165, 1.54) is 6.07 Å². The number of aromatic hydroxyl groups is 1. The molecule has 0 aliphatic carbocycles. The molecule has 0 spiro atoms. The van der Waals surface area contributed by atoms with Crippen LogP contribution in [0.15, 0.2) is 51.7 Å². The lowest BCUT2D eigenvalue weighted by molar-refractivity contribution is -0.140. The van der Waals surface area contributed by atoms with E-state index >= 15 is 0 Å². The zero-order valence-electron chi connectivity index (χ0n) is 16.7. The number of nitrogens with one attached hydrogen (secondary N) is 1. The summed E-state index contributed by atoms with van der Waals surface area (Å²) in [6, 6.07) is 11.6. The second kappa shape index (κ2) is 8.49. The fourth-order valence-corrected chi connectivity index (χ4v) is 3.53. The maximum Gasteiger partial charge on any atom is 0.336 e. The van der Waals surface area contributed by atoms with Crippen molar-refractivity contribution in [2.75, 3.05) is 0 Å². The predicted molar refractivity (Wildman–Crippen MR) is 112 cm³/mol. The highest BCUT2D eigenvalue weighted by Gasteiger charge is 2.24. The molecule has 0 saturated carbocycles. The largest absolute Gasteiger partial charge is 0.507 e. The predicted octanol–water partition coefficient (Wildman–Crippen LogP) is 4.06. The molecule has 0 radical (unpaired) electrons. The van der Waals surface area contributed by atoms with Gasteiger partial charge in [-0.2, -0.15) is 0 Å². The van der Waals surface area contributed by atoms with Gasteiger partial charge in [-0.15, -0.1) is 0 Å². The van der Waals surface area contributed by atoms with Crippen LogP contribution in [0.3, 0.4) is 0 Å². The number of carbonyl (C=O) groups is 1. The molecule has 29 heavy (non-hydrogen) atoms. The van der Waals surface area contributed by atoms with Crippen LogP contribution in [0.1, 0.15) is 31.4 Å². The van der Waals surface area contributed by atoms with Gasteiger partial charge >= 0.3 is 11.6 Å². The van der Waals surface area contributed by atoms with Gasteiger partial charge in [0.05, 0.1) is 5.39 Å². The lowest BCUT2D eigenvalue weighted by Crippen LogP contribution is -2.41. The van der Waals surface area contributed by atoms with Gasteiger partial charge in [0.25, 0.3) is 0 Å². The number of benzene rings is 2. The van der Waals surface area contributed by atoms with Crippen molar-refractivity contribution in [2.24, 2.45) is 5.92 Å². The monoisotopic (exact) mass is 395 g/mol. The van der Waals surface area contributed by atoms with Crippen LogP contribution >= 0.6 is 0 Å². The van der Waals surface area contributed by atoms with Crippen LogP contribution in [0, 0.1) is 12.8 Å². The number of fused-ring (bicyclic) bond motifs is 1. The summed E-state index contributed by atoms with van der Waals surface area (Å²) in [6.45, 7) is 5.79. The number of phenols is 1. The number of hydrogen-bond acceptors (Lipinski definition) is 5. The minimum atomic E-state index is -0.923. The third kappa shape index (κ3) is 4.17. The van der Waals surface area contributed by atoms with E-state index in [9.17, 15) is 19.8 Å². The Bertz CT molecular complexity index is 1090. The van der Waals surface area contributed by atoms with Gasteiger partial charge in [-0.1, -0.05) is 50.6 Å². The van der Waals surface area contributed by atoms with E-state index in [-0.39, 0.29) is 18.2 Å². The molecule has 3 aromatic rings. The molecule has 6 nitrogen and oxygen atoms in total. The van der Waals surface area contributed by atoms with Crippen molar-refractivity contribution in [3.63, 3.8) is 0 Å². The number of rotatable bonds is 7. The van der Waals surface area contributed by atoms with Crippen molar-refractivity contribution in [3.8, 4) is 16.9 Å². The summed E-state index contributed by atoms with van der Waals surface area (Å²) >= 11 is 0. The van der Waals surface area contributed by atoms with Crippen LogP contribution in [-0.4, -0.2) is 22.2 Å². The highest BCUT2D eigenvalue weighted by atomic mass is 16.4. The van der Waals surface area contributed by atoms with Crippen molar-refractivity contribution in [2.45, 2.75) is 39.8 Å². The first-order chi connectivity index (χ1) is 13.8. The van der Waals surface area contributed by atoms with Crippen LogP contribution in [0.4, 0.5) is 0 Å². The lowest BCUT2D eigenvalue weighted by Gasteiger charge is -2.21. The Kier molecular flexibility index (Phi) is 6.03. The maximum atomic E-state index is 12.1. The van der Waals surface area contributed by atoms with Crippen LogP contribution in [-0.2, 0) is 11.3 Å². The number of hydrogen-bond donors (Lipinski definition) is 3. The molecule has 0 amide bonds. The normalized spacial score (nSPS) is 13.3. The Balaban J connectivity index is 2.11. The second-order valence-electron chi connectivity index (χ2n) is 7.32. The van der Waals surface area contributed by atoms with Crippen LogP contribution in [0.2, 0.25) is 0 Å². The first-order valence-corrected chi connectivity index (χ1v) is 9.64. The van der Waals surface area contributed by atoms with Crippen molar-refractivity contribution < 1.29 is 19.4 Å². The number of phenolic OH excluding ortho intramolecular Hbond substituents is 1. The summed E-state index contributed by atoms with van der Waals surface area (Å²) in [7, 11) is 0. The Morgan fingerprint density at radius 3 is 2.52 bits per heavy atom. The summed E-state index contributed by atoms with van der Waals surface area (Å²) in [5, 5.41) is 24.1. The minimum Gasteiger partial charge on any atom is -0.507 e. The summed E-state index contributed by atoms with van der Waals surface area (Å²) in [5.41, 5.74) is 2.46. The first-order valence-electron chi connectivity index (χ1n) is 9.64. The van der Waals surface area contributed by atoms with Gasteiger partial charge in [-0.05, 0) is 30.0 Å². The third-order valence-electron chi connectivity index (χ3n) is 5.40. The Morgan fingerprint density at radius 1 is 1.21 bits per heavy atom. The molecule has 6 heteroatoms. The fourth-order valence-electron chi connectivity index (χ4n) is 3.53.